The summed E-state index contributed by atoms with van der Waals surface area (Å²) in [6.07, 6.45) is 2.96. The van der Waals surface area contributed by atoms with Gasteiger partial charge in [0.15, 0.2) is 0 Å². The van der Waals surface area contributed by atoms with Crippen molar-refractivity contribution in [3.63, 3.8) is 0 Å². The molecule has 0 unspecified atom stereocenters. The maximum atomic E-state index is 12.8. The number of piperidine rings is 1. The van der Waals surface area contributed by atoms with Crippen molar-refractivity contribution in [2.45, 2.75) is 33.1 Å². The van der Waals surface area contributed by atoms with Gasteiger partial charge < -0.3 is 15.0 Å². The molecule has 144 valence electrons. The fraction of sp³-hybridized carbons (Fsp3) is 0.476. The minimum Gasteiger partial charge on any atom is -0.497 e. The van der Waals surface area contributed by atoms with Crippen LogP contribution < -0.4 is 10.1 Å². The lowest BCUT2D eigenvalue weighted by molar-refractivity contribution is 0.0691. The molecule has 1 aromatic heterocycles. The summed E-state index contributed by atoms with van der Waals surface area (Å²) in [6, 6.07) is 9.77. The Bertz CT molecular complexity index is 768. The third-order valence-electron chi connectivity index (χ3n) is 5.00. The highest BCUT2D eigenvalue weighted by Crippen LogP contribution is 2.18. The van der Waals surface area contributed by atoms with E-state index in [0.29, 0.717) is 24.1 Å². The molecule has 0 aliphatic carbocycles. The number of nitrogens with one attached hydrogen (secondary N) is 1. The van der Waals surface area contributed by atoms with Gasteiger partial charge in [-0.2, -0.15) is 0 Å². The van der Waals surface area contributed by atoms with E-state index in [1.165, 1.54) is 5.56 Å². The van der Waals surface area contributed by atoms with Crippen molar-refractivity contribution in [1.29, 1.82) is 0 Å². The van der Waals surface area contributed by atoms with E-state index in [1.54, 1.807) is 13.2 Å². The highest BCUT2D eigenvalue weighted by molar-refractivity contribution is 5.92. The van der Waals surface area contributed by atoms with Gasteiger partial charge in [-0.1, -0.05) is 19.1 Å². The van der Waals surface area contributed by atoms with Crippen molar-refractivity contribution >= 4 is 11.9 Å². The van der Waals surface area contributed by atoms with Gasteiger partial charge in [-0.3, -0.25) is 4.79 Å². The smallest absolute Gasteiger partial charge is 0.272 e. The van der Waals surface area contributed by atoms with Gasteiger partial charge in [0.1, 0.15) is 11.4 Å². The molecule has 1 amide bonds. The van der Waals surface area contributed by atoms with Crippen LogP contribution in [-0.2, 0) is 6.42 Å². The Morgan fingerprint density at radius 1 is 1.22 bits per heavy atom. The third kappa shape index (κ3) is 5.18. The lowest BCUT2D eigenvalue weighted by Gasteiger charge is -2.30. The molecule has 1 N–H and O–H groups in total. The molecule has 1 aliphatic heterocycles. The number of ether oxygens (including phenoxy) is 1. The summed E-state index contributed by atoms with van der Waals surface area (Å²) in [4.78, 5) is 23.5. The molecule has 3 rings (SSSR count). The molecule has 0 saturated carbocycles. The van der Waals surface area contributed by atoms with Gasteiger partial charge in [-0.05, 0) is 55.9 Å². The molecule has 0 bridgehead atoms. The second kappa shape index (κ2) is 8.84. The molecule has 0 spiro atoms. The molecule has 0 atom stereocenters. The van der Waals surface area contributed by atoms with Gasteiger partial charge in [0.25, 0.3) is 5.91 Å². The van der Waals surface area contributed by atoms with E-state index >= 15 is 0 Å². The van der Waals surface area contributed by atoms with Crippen molar-refractivity contribution in [1.82, 2.24) is 14.9 Å². The Balaban J connectivity index is 1.60. The Morgan fingerprint density at radius 2 is 1.93 bits per heavy atom. The molecule has 2 aromatic rings. The Hall–Kier alpha value is -2.63. The van der Waals surface area contributed by atoms with Crippen LogP contribution in [0.2, 0.25) is 0 Å². The first-order chi connectivity index (χ1) is 13.0. The van der Waals surface area contributed by atoms with Crippen molar-refractivity contribution in [2.24, 2.45) is 5.92 Å². The maximum absolute atomic E-state index is 12.8. The van der Waals surface area contributed by atoms with E-state index in [4.69, 9.17) is 4.74 Å². The number of carbonyl (C=O) groups excluding carboxylic acids is 1. The van der Waals surface area contributed by atoms with Crippen LogP contribution in [0.4, 0.5) is 5.95 Å². The van der Waals surface area contributed by atoms with Gasteiger partial charge in [0.05, 0.1) is 7.11 Å². The zero-order chi connectivity index (χ0) is 19.2. The van der Waals surface area contributed by atoms with E-state index in [-0.39, 0.29) is 5.91 Å². The molecular weight excluding hydrogens is 340 g/mol. The molecule has 27 heavy (non-hydrogen) atoms. The molecule has 0 radical (unpaired) electrons. The van der Waals surface area contributed by atoms with E-state index in [0.717, 1.165) is 43.8 Å². The van der Waals surface area contributed by atoms with Crippen molar-refractivity contribution < 1.29 is 9.53 Å². The second-order valence-electron chi connectivity index (χ2n) is 7.22. The number of likely N-dealkylation sites (tertiary alicyclic amines) is 1. The summed E-state index contributed by atoms with van der Waals surface area (Å²) < 4.78 is 5.18. The Morgan fingerprint density at radius 3 is 2.59 bits per heavy atom. The fourth-order valence-corrected chi connectivity index (χ4v) is 3.24. The van der Waals surface area contributed by atoms with E-state index in [2.05, 4.69) is 22.2 Å². The minimum absolute atomic E-state index is 0.00519. The van der Waals surface area contributed by atoms with Crippen molar-refractivity contribution in [3.8, 4) is 5.75 Å². The van der Waals surface area contributed by atoms with Gasteiger partial charge in [0.2, 0.25) is 5.95 Å². The fourth-order valence-electron chi connectivity index (χ4n) is 3.24. The quantitative estimate of drug-likeness (QED) is 0.847. The largest absolute Gasteiger partial charge is 0.497 e. The van der Waals surface area contributed by atoms with Crippen molar-refractivity contribution in [3.05, 3.63) is 47.3 Å². The molecule has 6 nitrogen and oxygen atoms in total. The van der Waals surface area contributed by atoms with Crippen LogP contribution in [-0.4, -0.2) is 47.5 Å². The first kappa shape index (κ1) is 19.1. The number of aromatic nitrogens is 2. The van der Waals surface area contributed by atoms with E-state index in [9.17, 15) is 4.79 Å². The summed E-state index contributed by atoms with van der Waals surface area (Å²) in [5.74, 6) is 2.06. The van der Waals surface area contributed by atoms with Gasteiger partial charge >= 0.3 is 0 Å². The standard InChI is InChI=1S/C21H28N4O2/c1-15-9-12-25(13-10-15)20(26)19-14-16(2)23-21(24-19)22-11-8-17-4-6-18(27-3)7-5-17/h4-7,14-15H,8-13H2,1-3H3,(H,22,23,24). The number of hydrogen-bond donors (Lipinski definition) is 1. The number of methoxy groups -OCH3 is 1. The highest BCUT2D eigenvalue weighted by Gasteiger charge is 2.23. The first-order valence-electron chi connectivity index (χ1n) is 9.57. The predicted molar refractivity (Wildman–Crippen MR) is 106 cm³/mol. The number of amides is 1. The summed E-state index contributed by atoms with van der Waals surface area (Å²) in [6.45, 7) is 6.45. The Kier molecular flexibility index (Phi) is 6.27. The number of hydrogen-bond acceptors (Lipinski definition) is 5. The average Bonchev–Trinajstić information content (AvgIpc) is 2.68. The number of aryl methyl sites for hydroxylation is 1. The molecule has 6 heteroatoms. The molecule has 1 fully saturated rings. The van der Waals surface area contributed by atoms with Crippen LogP contribution in [0.25, 0.3) is 0 Å². The number of anilines is 1. The lowest BCUT2D eigenvalue weighted by Crippen LogP contribution is -2.38. The lowest BCUT2D eigenvalue weighted by atomic mass is 9.99. The summed E-state index contributed by atoms with van der Waals surface area (Å²) in [5.41, 5.74) is 2.48. The summed E-state index contributed by atoms with van der Waals surface area (Å²) in [7, 11) is 1.66. The molecular formula is C21H28N4O2. The van der Waals surface area contributed by atoms with Gasteiger partial charge in [-0.15, -0.1) is 0 Å². The summed E-state index contributed by atoms with van der Waals surface area (Å²) in [5, 5.41) is 3.24. The predicted octanol–water partition coefficient (Wildman–Crippen LogP) is 3.32. The van der Waals surface area contributed by atoms with Crippen LogP contribution >= 0.6 is 0 Å². The number of carbonyl (C=O) groups is 1. The van der Waals surface area contributed by atoms with Crippen LogP contribution in [0, 0.1) is 12.8 Å². The number of rotatable bonds is 6. The topological polar surface area (TPSA) is 67.3 Å². The average molecular weight is 368 g/mol. The molecule has 1 aromatic carbocycles. The van der Waals surface area contributed by atoms with Crippen LogP contribution in [0.15, 0.2) is 30.3 Å². The number of nitrogens with zero attached hydrogens (tertiary/aromatic N) is 3. The van der Waals surface area contributed by atoms with Gasteiger partial charge in [-0.25, -0.2) is 9.97 Å². The maximum Gasteiger partial charge on any atom is 0.272 e. The Labute approximate surface area is 161 Å². The van der Waals surface area contributed by atoms with E-state index < -0.39 is 0 Å². The van der Waals surface area contributed by atoms with Crippen LogP contribution in [0.1, 0.15) is 41.5 Å². The monoisotopic (exact) mass is 368 g/mol. The highest BCUT2D eigenvalue weighted by atomic mass is 16.5. The number of benzene rings is 1. The summed E-state index contributed by atoms with van der Waals surface area (Å²) >= 11 is 0. The minimum atomic E-state index is 0.00519. The van der Waals surface area contributed by atoms with Crippen LogP contribution in [0.5, 0.6) is 5.75 Å². The zero-order valence-corrected chi connectivity index (χ0v) is 16.4. The third-order valence-corrected chi connectivity index (χ3v) is 5.00. The molecule has 1 saturated heterocycles. The first-order valence-corrected chi connectivity index (χ1v) is 9.57. The normalized spacial score (nSPS) is 14.9. The van der Waals surface area contributed by atoms with Crippen LogP contribution in [0.3, 0.4) is 0 Å². The zero-order valence-electron chi connectivity index (χ0n) is 16.4. The SMILES string of the molecule is COc1ccc(CCNc2nc(C)cc(C(=O)N3CCC(C)CC3)n2)cc1. The van der Waals surface area contributed by atoms with E-state index in [1.807, 2.05) is 36.1 Å². The molecule has 1 aliphatic rings. The molecule has 2 heterocycles. The van der Waals surface area contributed by atoms with Gasteiger partial charge in [0, 0.05) is 25.3 Å². The van der Waals surface area contributed by atoms with Crippen molar-refractivity contribution in [2.75, 3.05) is 32.1 Å². The second-order valence-corrected chi connectivity index (χ2v) is 7.22.